The predicted octanol–water partition coefficient (Wildman–Crippen LogP) is 3.91. The largest absolute Gasteiger partial charge is 0.493 e. The number of carbonyl (C=O) groups excluding carboxylic acids is 2. The summed E-state index contributed by atoms with van der Waals surface area (Å²) in [5.41, 5.74) is 3.56. The van der Waals surface area contributed by atoms with Crippen LogP contribution in [0.5, 0.6) is 11.5 Å². The maximum Gasteiger partial charge on any atom is 0.331 e. The lowest BCUT2D eigenvalue weighted by Gasteiger charge is -2.10. The zero-order valence-corrected chi connectivity index (χ0v) is 16.9. The monoisotopic (exact) mass is 395 g/mol. The van der Waals surface area contributed by atoms with Crippen LogP contribution in [0.1, 0.15) is 30.5 Å². The predicted molar refractivity (Wildman–Crippen MR) is 111 cm³/mol. The lowest BCUT2D eigenvalue weighted by Crippen LogP contribution is -2.20. The third-order valence-corrected chi connectivity index (χ3v) is 4.41. The first-order valence-electron chi connectivity index (χ1n) is 9.62. The molecule has 0 aromatic heterocycles. The number of hydrogen-bond donors (Lipinski definition) is 1. The van der Waals surface area contributed by atoms with Crippen molar-refractivity contribution in [3.63, 3.8) is 0 Å². The van der Waals surface area contributed by atoms with Gasteiger partial charge in [0.25, 0.3) is 5.91 Å². The minimum atomic E-state index is -0.610. The van der Waals surface area contributed by atoms with Crippen molar-refractivity contribution in [3.8, 4) is 11.5 Å². The van der Waals surface area contributed by atoms with Crippen molar-refractivity contribution in [2.45, 2.75) is 33.3 Å². The van der Waals surface area contributed by atoms with Crippen LogP contribution in [0.4, 0.5) is 5.69 Å². The van der Waals surface area contributed by atoms with Gasteiger partial charge in [-0.05, 0) is 51.1 Å². The van der Waals surface area contributed by atoms with Gasteiger partial charge >= 0.3 is 5.97 Å². The number of benzene rings is 2. The number of esters is 1. The molecule has 1 atom stereocenters. The number of ether oxygens (including phenoxy) is 3. The number of aryl methyl sites for hydroxylation is 1. The summed E-state index contributed by atoms with van der Waals surface area (Å²) in [6.07, 6.45) is 3.84. The number of amides is 1. The van der Waals surface area contributed by atoms with Crippen molar-refractivity contribution in [2.24, 2.45) is 0 Å². The molecule has 1 aliphatic rings. The van der Waals surface area contributed by atoms with E-state index in [1.165, 1.54) is 6.08 Å². The Morgan fingerprint density at radius 3 is 2.72 bits per heavy atom. The molecule has 0 radical (unpaired) electrons. The number of hydrogen-bond acceptors (Lipinski definition) is 5. The second-order valence-electron chi connectivity index (χ2n) is 6.92. The molecule has 0 saturated carbocycles. The van der Waals surface area contributed by atoms with Gasteiger partial charge in [-0.1, -0.05) is 17.7 Å². The summed E-state index contributed by atoms with van der Waals surface area (Å²) in [6.45, 7) is 6.03. The number of carbonyl (C=O) groups is 2. The molecule has 2 aromatic rings. The van der Waals surface area contributed by atoms with Crippen molar-refractivity contribution in [3.05, 3.63) is 59.2 Å². The Balaban J connectivity index is 1.58. The summed E-state index contributed by atoms with van der Waals surface area (Å²) < 4.78 is 16.5. The Kier molecular flexibility index (Phi) is 6.54. The van der Waals surface area contributed by atoms with E-state index in [4.69, 9.17) is 14.2 Å². The molecule has 1 heterocycles. The van der Waals surface area contributed by atoms with Crippen molar-refractivity contribution in [1.82, 2.24) is 0 Å². The fraction of sp³-hybridized carbons (Fsp3) is 0.304. The van der Waals surface area contributed by atoms with Crippen molar-refractivity contribution in [2.75, 3.05) is 18.5 Å². The fourth-order valence-electron chi connectivity index (χ4n) is 3.04. The second kappa shape index (κ2) is 9.28. The number of fused-ring (bicyclic) bond motifs is 1. The Hall–Kier alpha value is -3.28. The molecule has 29 heavy (non-hydrogen) atoms. The van der Waals surface area contributed by atoms with Gasteiger partial charge in [0.1, 0.15) is 17.6 Å². The zero-order valence-electron chi connectivity index (χ0n) is 16.9. The summed E-state index contributed by atoms with van der Waals surface area (Å²) in [6, 6.07) is 11.2. The molecule has 6 heteroatoms. The van der Waals surface area contributed by atoms with Crippen molar-refractivity contribution in [1.29, 1.82) is 0 Å². The smallest absolute Gasteiger partial charge is 0.331 e. The van der Waals surface area contributed by atoms with Gasteiger partial charge in [-0.2, -0.15) is 0 Å². The van der Waals surface area contributed by atoms with E-state index in [1.807, 2.05) is 45.0 Å². The first-order valence-corrected chi connectivity index (χ1v) is 9.62. The number of nitrogens with one attached hydrogen (secondary N) is 1. The average molecular weight is 395 g/mol. The topological polar surface area (TPSA) is 73.9 Å². The Morgan fingerprint density at radius 1 is 1.24 bits per heavy atom. The highest BCUT2D eigenvalue weighted by Crippen LogP contribution is 2.35. The van der Waals surface area contributed by atoms with Crippen LogP contribution in [-0.4, -0.2) is 31.2 Å². The van der Waals surface area contributed by atoms with Gasteiger partial charge in [-0.25, -0.2) is 4.79 Å². The SMILES string of the molecule is CCOc1cc2c(cc1/C=C/C(=O)OCC(=O)Nc1ccc(C)cc1)O[C@@H](C)C2. The maximum atomic E-state index is 12.0. The van der Waals surface area contributed by atoms with E-state index < -0.39 is 11.9 Å². The summed E-state index contributed by atoms with van der Waals surface area (Å²) in [4.78, 5) is 23.9. The standard InChI is InChI=1S/C23H25NO5/c1-4-27-20-13-18-11-16(3)29-21(18)12-17(20)7-10-23(26)28-14-22(25)24-19-8-5-15(2)6-9-19/h5-10,12-13,16H,4,11,14H2,1-3H3,(H,24,25)/b10-7+/t16-/m0/s1. The minimum Gasteiger partial charge on any atom is -0.493 e. The first kappa shape index (κ1) is 20.5. The van der Waals surface area contributed by atoms with Crippen LogP contribution in [0, 0.1) is 6.92 Å². The molecule has 1 amide bonds. The van der Waals surface area contributed by atoms with E-state index in [9.17, 15) is 9.59 Å². The van der Waals surface area contributed by atoms with E-state index in [2.05, 4.69) is 5.32 Å². The Morgan fingerprint density at radius 2 is 2.00 bits per heavy atom. The van der Waals surface area contributed by atoms with Crippen molar-refractivity contribution >= 4 is 23.6 Å². The Labute approximate surface area is 170 Å². The van der Waals surface area contributed by atoms with Crippen LogP contribution in [-0.2, 0) is 20.7 Å². The summed E-state index contributed by atoms with van der Waals surface area (Å²) in [5.74, 6) is 0.475. The van der Waals surface area contributed by atoms with Gasteiger partial charge in [-0.15, -0.1) is 0 Å². The van der Waals surface area contributed by atoms with E-state index in [0.29, 0.717) is 18.0 Å². The summed E-state index contributed by atoms with van der Waals surface area (Å²) in [5, 5.41) is 2.68. The lowest BCUT2D eigenvalue weighted by molar-refractivity contribution is -0.142. The van der Waals surface area contributed by atoms with E-state index >= 15 is 0 Å². The van der Waals surface area contributed by atoms with Crippen LogP contribution in [0.3, 0.4) is 0 Å². The number of rotatable bonds is 7. The minimum absolute atomic E-state index is 0.121. The third kappa shape index (κ3) is 5.60. The zero-order chi connectivity index (χ0) is 20.8. The van der Waals surface area contributed by atoms with Crippen LogP contribution in [0.25, 0.3) is 6.08 Å². The molecule has 0 aliphatic carbocycles. The summed E-state index contributed by atoms with van der Waals surface area (Å²) >= 11 is 0. The highest BCUT2D eigenvalue weighted by atomic mass is 16.5. The van der Waals surface area contributed by atoms with Gasteiger partial charge in [0.2, 0.25) is 0 Å². The molecule has 0 unspecified atom stereocenters. The van der Waals surface area contributed by atoms with Gasteiger partial charge in [0.05, 0.1) is 6.61 Å². The fourth-order valence-corrected chi connectivity index (χ4v) is 3.04. The molecular weight excluding hydrogens is 370 g/mol. The molecule has 152 valence electrons. The highest BCUT2D eigenvalue weighted by molar-refractivity contribution is 5.94. The van der Waals surface area contributed by atoms with Crippen LogP contribution >= 0.6 is 0 Å². The number of anilines is 1. The summed E-state index contributed by atoms with van der Waals surface area (Å²) in [7, 11) is 0. The molecule has 0 bridgehead atoms. The molecule has 0 saturated heterocycles. The molecular formula is C23H25NO5. The second-order valence-corrected chi connectivity index (χ2v) is 6.92. The van der Waals surface area contributed by atoms with Crippen molar-refractivity contribution < 1.29 is 23.8 Å². The van der Waals surface area contributed by atoms with Crippen LogP contribution in [0.15, 0.2) is 42.5 Å². The van der Waals surface area contributed by atoms with Gasteiger partial charge in [-0.3, -0.25) is 4.79 Å². The maximum absolute atomic E-state index is 12.0. The molecule has 6 nitrogen and oxygen atoms in total. The lowest BCUT2D eigenvalue weighted by atomic mass is 10.1. The molecule has 1 aliphatic heterocycles. The highest BCUT2D eigenvalue weighted by Gasteiger charge is 2.21. The Bertz CT molecular complexity index is 918. The van der Waals surface area contributed by atoms with Crippen LogP contribution in [0.2, 0.25) is 0 Å². The van der Waals surface area contributed by atoms with E-state index in [-0.39, 0.29) is 12.7 Å². The van der Waals surface area contributed by atoms with E-state index in [0.717, 1.165) is 28.9 Å². The molecule has 3 rings (SSSR count). The molecule has 0 fully saturated rings. The van der Waals surface area contributed by atoms with Gasteiger partial charge in [0.15, 0.2) is 6.61 Å². The van der Waals surface area contributed by atoms with Crippen LogP contribution < -0.4 is 14.8 Å². The average Bonchev–Trinajstić information content (AvgIpc) is 3.05. The quantitative estimate of drug-likeness (QED) is 0.568. The molecule has 0 spiro atoms. The normalized spacial score (nSPS) is 14.9. The van der Waals surface area contributed by atoms with Gasteiger partial charge in [0, 0.05) is 29.3 Å². The first-order chi connectivity index (χ1) is 13.9. The van der Waals surface area contributed by atoms with Gasteiger partial charge < -0.3 is 19.5 Å². The van der Waals surface area contributed by atoms with E-state index in [1.54, 1.807) is 18.2 Å². The third-order valence-electron chi connectivity index (χ3n) is 4.41. The molecule has 1 N–H and O–H groups in total. The molecule has 2 aromatic carbocycles.